The molecule has 28 heavy (non-hydrogen) atoms. The highest BCUT2D eigenvalue weighted by Gasteiger charge is 2.11. The minimum atomic E-state index is -1.06. The zero-order valence-corrected chi connectivity index (χ0v) is 18.4. The molecule has 0 amide bonds. The summed E-state index contributed by atoms with van der Waals surface area (Å²) >= 11 is 5.02. The van der Waals surface area contributed by atoms with Crippen molar-refractivity contribution in [1.29, 1.82) is 0 Å². The van der Waals surface area contributed by atoms with E-state index in [0.717, 1.165) is 41.8 Å². The Hall–Kier alpha value is -1.96. The molecule has 1 unspecified atom stereocenters. The third-order valence-electron chi connectivity index (χ3n) is 4.30. The number of hydrogen-bond acceptors (Lipinski definition) is 5. The van der Waals surface area contributed by atoms with Crippen LogP contribution in [0.15, 0.2) is 66.5 Å². The standard InChI is InChI=1S/C21H17BrO4S2/c1-27-20(28(2)23)10-16-9-14-3-5-24-18(14)11-19(16)26-12-13-7-15-4-6-25-21(15)17(22)8-13/h3-11H,12H2,1-2H3. The van der Waals surface area contributed by atoms with Crippen molar-refractivity contribution in [3.8, 4) is 5.75 Å². The Labute approximate surface area is 177 Å². The fourth-order valence-electron chi connectivity index (χ4n) is 2.97. The lowest BCUT2D eigenvalue weighted by molar-refractivity contribution is 0.305. The van der Waals surface area contributed by atoms with Gasteiger partial charge >= 0.3 is 0 Å². The van der Waals surface area contributed by atoms with Crippen molar-refractivity contribution >= 4 is 66.5 Å². The Bertz CT molecular complexity index is 1210. The molecular weight excluding hydrogens is 460 g/mol. The maximum absolute atomic E-state index is 12.0. The number of fused-ring (bicyclic) bond motifs is 2. The first-order valence-electron chi connectivity index (χ1n) is 8.44. The summed E-state index contributed by atoms with van der Waals surface area (Å²) in [5.74, 6) is 0.683. The molecule has 1 atom stereocenters. The molecule has 7 heteroatoms. The topological polar surface area (TPSA) is 52.6 Å². The minimum absolute atomic E-state index is 0.386. The summed E-state index contributed by atoms with van der Waals surface area (Å²) < 4.78 is 30.8. The summed E-state index contributed by atoms with van der Waals surface area (Å²) in [7, 11) is -1.06. The molecule has 4 rings (SSSR count). The van der Waals surface area contributed by atoms with Gasteiger partial charge in [-0.3, -0.25) is 4.21 Å². The highest BCUT2D eigenvalue weighted by atomic mass is 79.9. The van der Waals surface area contributed by atoms with E-state index in [9.17, 15) is 4.21 Å². The van der Waals surface area contributed by atoms with E-state index in [4.69, 9.17) is 13.6 Å². The van der Waals surface area contributed by atoms with E-state index in [1.54, 1.807) is 18.8 Å². The van der Waals surface area contributed by atoms with E-state index >= 15 is 0 Å². The predicted octanol–water partition coefficient (Wildman–Crippen LogP) is 6.56. The zero-order chi connectivity index (χ0) is 19.7. The number of hydrogen-bond donors (Lipinski definition) is 0. The van der Waals surface area contributed by atoms with Crippen LogP contribution in [-0.4, -0.2) is 16.7 Å². The number of thioether (sulfide) groups is 1. The van der Waals surface area contributed by atoms with Crippen LogP contribution in [0.5, 0.6) is 5.75 Å². The van der Waals surface area contributed by atoms with Crippen LogP contribution < -0.4 is 4.74 Å². The normalized spacial score (nSPS) is 13.3. The summed E-state index contributed by atoms with van der Waals surface area (Å²) in [6.07, 6.45) is 8.83. The van der Waals surface area contributed by atoms with Gasteiger partial charge in [0.15, 0.2) is 0 Å². The summed E-state index contributed by atoms with van der Waals surface area (Å²) in [5, 5.41) is 1.99. The highest BCUT2D eigenvalue weighted by molar-refractivity contribution is 9.10. The van der Waals surface area contributed by atoms with Crippen molar-refractivity contribution in [2.75, 3.05) is 12.5 Å². The predicted molar refractivity (Wildman–Crippen MR) is 120 cm³/mol. The summed E-state index contributed by atoms with van der Waals surface area (Å²) in [4.78, 5) is 0. The molecule has 0 aliphatic heterocycles. The lowest BCUT2D eigenvalue weighted by atomic mass is 10.1. The molecular formula is C21H17BrO4S2. The van der Waals surface area contributed by atoms with Crippen LogP contribution in [0.4, 0.5) is 0 Å². The third-order valence-corrected chi connectivity index (χ3v) is 7.30. The first kappa shape index (κ1) is 19.4. The van der Waals surface area contributed by atoms with Crippen molar-refractivity contribution in [2.24, 2.45) is 0 Å². The minimum Gasteiger partial charge on any atom is -0.488 e. The monoisotopic (exact) mass is 476 g/mol. The van der Waals surface area contributed by atoms with E-state index in [1.165, 1.54) is 11.8 Å². The molecule has 0 fully saturated rings. The van der Waals surface area contributed by atoms with Crippen LogP contribution in [0.25, 0.3) is 28.0 Å². The van der Waals surface area contributed by atoms with Crippen LogP contribution in [0.1, 0.15) is 11.1 Å². The largest absolute Gasteiger partial charge is 0.488 e. The molecule has 144 valence electrons. The fourth-order valence-corrected chi connectivity index (χ4v) is 5.07. The Morgan fingerprint density at radius 1 is 1.18 bits per heavy atom. The Kier molecular flexibility index (Phi) is 5.66. The number of rotatable bonds is 6. The molecule has 4 aromatic rings. The molecule has 4 nitrogen and oxygen atoms in total. The van der Waals surface area contributed by atoms with E-state index in [-0.39, 0.29) is 0 Å². The van der Waals surface area contributed by atoms with Crippen molar-refractivity contribution in [1.82, 2.24) is 0 Å². The first-order chi connectivity index (χ1) is 13.5. The number of furan rings is 2. The average Bonchev–Trinajstić information content (AvgIpc) is 3.32. The Morgan fingerprint density at radius 3 is 2.75 bits per heavy atom. The maximum atomic E-state index is 12.0. The molecule has 0 spiro atoms. The quantitative estimate of drug-likeness (QED) is 0.315. The van der Waals surface area contributed by atoms with E-state index in [0.29, 0.717) is 12.4 Å². The SMILES string of the molecule is CSC(=Cc1cc2ccoc2cc1OCc1cc(Br)c2occc2c1)S(C)=O. The zero-order valence-electron chi connectivity index (χ0n) is 15.2. The molecule has 2 aromatic heterocycles. The lowest BCUT2D eigenvalue weighted by Crippen LogP contribution is -1.98. The molecule has 0 saturated carbocycles. The van der Waals surface area contributed by atoms with Gasteiger partial charge in [0.2, 0.25) is 0 Å². The number of ether oxygens (including phenoxy) is 1. The summed E-state index contributed by atoms with van der Waals surface area (Å²) in [5.41, 5.74) is 3.46. The van der Waals surface area contributed by atoms with Gasteiger partial charge in [-0.05, 0) is 64.2 Å². The maximum Gasteiger partial charge on any atom is 0.148 e. The van der Waals surface area contributed by atoms with E-state index in [1.807, 2.05) is 48.7 Å². The van der Waals surface area contributed by atoms with Gasteiger partial charge in [0, 0.05) is 28.7 Å². The van der Waals surface area contributed by atoms with Crippen LogP contribution in [0, 0.1) is 0 Å². The second-order valence-corrected chi connectivity index (χ2v) is 9.48. The van der Waals surface area contributed by atoms with Crippen LogP contribution in [0.3, 0.4) is 0 Å². The van der Waals surface area contributed by atoms with Gasteiger partial charge in [-0.1, -0.05) is 0 Å². The van der Waals surface area contributed by atoms with Gasteiger partial charge in [0.25, 0.3) is 0 Å². The van der Waals surface area contributed by atoms with Crippen molar-refractivity contribution in [2.45, 2.75) is 6.61 Å². The van der Waals surface area contributed by atoms with Crippen molar-refractivity contribution in [3.05, 3.63) is 68.8 Å². The first-order valence-corrected chi connectivity index (χ1v) is 12.0. The second-order valence-electron chi connectivity index (χ2n) is 6.18. The Balaban J connectivity index is 1.70. The molecule has 0 saturated heterocycles. The lowest BCUT2D eigenvalue weighted by Gasteiger charge is -2.11. The molecule has 0 aliphatic carbocycles. The second kappa shape index (κ2) is 8.19. The molecule has 0 aliphatic rings. The summed E-state index contributed by atoms with van der Waals surface area (Å²) in [6.45, 7) is 0.386. The Morgan fingerprint density at radius 2 is 1.96 bits per heavy atom. The van der Waals surface area contributed by atoms with Gasteiger partial charge in [-0.25, -0.2) is 0 Å². The van der Waals surface area contributed by atoms with Crippen LogP contribution in [-0.2, 0) is 17.4 Å². The fraction of sp³-hybridized carbons (Fsp3) is 0.143. The van der Waals surface area contributed by atoms with Crippen molar-refractivity contribution in [3.63, 3.8) is 0 Å². The van der Waals surface area contributed by atoms with Crippen molar-refractivity contribution < 1.29 is 17.8 Å². The molecule has 0 radical (unpaired) electrons. The molecule has 2 aromatic carbocycles. The average molecular weight is 477 g/mol. The number of halogens is 1. The molecule has 0 N–H and O–H groups in total. The smallest absolute Gasteiger partial charge is 0.148 e. The highest BCUT2D eigenvalue weighted by Crippen LogP contribution is 2.32. The number of benzene rings is 2. The van der Waals surface area contributed by atoms with E-state index in [2.05, 4.69) is 15.9 Å². The van der Waals surface area contributed by atoms with Crippen LogP contribution in [0.2, 0.25) is 0 Å². The van der Waals surface area contributed by atoms with Gasteiger partial charge in [-0.2, -0.15) is 0 Å². The van der Waals surface area contributed by atoms with Gasteiger partial charge in [0.05, 0.1) is 32.0 Å². The summed E-state index contributed by atoms with van der Waals surface area (Å²) in [6, 6.07) is 11.7. The van der Waals surface area contributed by atoms with Gasteiger partial charge < -0.3 is 13.6 Å². The third kappa shape index (κ3) is 3.92. The molecule has 2 heterocycles. The van der Waals surface area contributed by atoms with Crippen LogP contribution >= 0.6 is 27.7 Å². The molecule has 0 bridgehead atoms. The van der Waals surface area contributed by atoms with Gasteiger partial charge in [0.1, 0.15) is 23.5 Å². The van der Waals surface area contributed by atoms with E-state index < -0.39 is 10.8 Å². The van der Waals surface area contributed by atoms with Gasteiger partial charge in [-0.15, -0.1) is 11.8 Å².